The minimum atomic E-state index is -3.85. The molecule has 1 atom stereocenters. The molecule has 7 nitrogen and oxygen atoms in total. The summed E-state index contributed by atoms with van der Waals surface area (Å²) >= 11 is 0. The number of ether oxygens (including phenoxy) is 2. The average molecular weight is 404 g/mol. The van der Waals surface area contributed by atoms with Crippen LogP contribution in [0.2, 0.25) is 0 Å². The quantitative estimate of drug-likeness (QED) is 0.659. The van der Waals surface area contributed by atoms with Gasteiger partial charge in [-0.05, 0) is 80.6 Å². The van der Waals surface area contributed by atoms with Crippen molar-refractivity contribution < 1.29 is 22.7 Å². The number of nitrogens with one attached hydrogen (secondary N) is 2. The second-order valence-electron chi connectivity index (χ2n) is 6.54. The van der Waals surface area contributed by atoms with E-state index < -0.39 is 22.0 Å². The number of hydrogen-bond donors (Lipinski definition) is 2. The van der Waals surface area contributed by atoms with Crippen molar-refractivity contribution >= 4 is 15.9 Å². The highest BCUT2D eigenvalue weighted by Gasteiger charge is 2.21. The molecule has 2 aromatic rings. The Labute approximate surface area is 165 Å². The molecule has 3 rings (SSSR count). The number of amides is 1. The van der Waals surface area contributed by atoms with Crippen molar-refractivity contribution in [1.29, 1.82) is 0 Å². The van der Waals surface area contributed by atoms with Gasteiger partial charge in [-0.1, -0.05) is 6.07 Å². The fourth-order valence-electron chi connectivity index (χ4n) is 3.03. The summed E-state index contributed by atoms with van der Waals surface area (Å²) in [5.41, 5.74) is 4.44. The molecule has 1 aliphatic carbocycles. The number of benzene rings is 2. The van der Waals surface area contributed by atoms with Crippen LogP contribution in [0.5, 0.6) is 11.5 Å². The average Bonchev–Trinajstić information content (AvgIpc) is 3.15. The van der Waals surface area contributed by atoms with Gasteiger partial charge in [-0.2, -0.15) is 0 Å². The minimum Gasteiger partial charge on any atom is -0.494 e. The third-order valence-corrected chi connectivity index (χ3v) is 5.75. The summed E-state index contributed by atoms with van der Waals surface area (Å²) in [5.74, 6) is 0.584. The largest absolute Gasteiger partial charge is 0.494 e. The molecule has 0 saturated carbocycles. The fourth-order valence-corrected chi connectivity index (χ4v) is 3.93. The fraction of sp³-hybridized carbons (Fsp3) is 0.350. The van der Waals surface area contributed by atoms with E-state index in [0.29, 0.717) is 18.1 Å². The van der Waals surface area contributed by atoms with Crippen LogP contribution < -0.4 is 19.7 Å². The van der Waals surface area contributed by atoms with Crippen molar-refractivity contribution in [2.45, 2.75) is 44.1 Å². The summed E-state index contributed by atoms with van der Waals surface area (Å²) in [4.78, 5) is 14.5. The number of hydrogen-bond acceptors (Lipinski definition) is 5. The number of rotatable bonds is 8. The molecule has 0 unspecified atom stereocenters. The summed E-state index contributed by atoms with van der Waals surface area (Å²) < 4.78 is 35.8. The van der Waals surface area contributed by atoms with Crippen molar-refractivity contribution in [2.24, 2.45) is 0 Å². The number of fused-ring (bicyclic) bond motifs is 1. The maximum Gasteiger partial charge on any atom is 0.275 e. The minimum absolute atomic E-state index is 0.133. The molecule has 1 aliphatic rings. The lowest BCUT2D eigenvalue weighted by Crippen LogP contribution is -2.47. The second kappa shape index (κ2) is 8.62. The van der Waals surface area contributed by atoms with Gasteiger partial charge in [-0.3, -0.25) is 10.2 Å². The van der Waals surface area contributed by atoms with Gasteiger partial charge in [-0.25, -0.2) is 8.42 Å². The van der Waals surface area contributed by atoms with Crippen LogP contribution in [0.3, 0.4) is 0 Å². The SMILES string of the molecule is CCOc1ccc(O[C@H](C)C(=O)NNS(=O)(=O)c2ccc3c(c2)CCC3)cc1. The van der Waals surface area contributed by atoms with Gasteiger partial charge < -0.3 is 9.47 Å². The lowest BCUT2D eigenvalue weighted by atomic mass is 10.1. The first-order valence-electron chi connectivity index (χ1n) is 9.22. The first-order chi connectivity index (χ1) is 13.4. The van der Waals surface area contributed by atoms with Gasteiger partial charge in [0.1, 0.15) is 11.5 Å². The standard InChI is InChI=1S/C20H24N2O5S/c1-3-26-17-8-10-18(11-9-17)27-14(2)20(23)21-22-28(24,25)19-12-7-15-5-4-6-16(15)13-19/h7-14,22H,3-6H2,1-2H3,(H,21,23)/t14-/m1/s1. The molecule has 0 aliphatic heterocycles. The Hall–Kier alpha value is -2.58. The van der Waals surface area contributed by atoms with Crippen molar-refractivity contribution in [3.05, 3.63) is 53.6 Å². The molecule has 2 aromatic carbocycles. The zero-order valence-corrected chi connectivity index (χ0v) is 16.7. The molecule has 0 heterocycles. The Morgan fingerprint density at radius 3 is 2.46 bits per heavy atom. The Balaban J connectivity index is 1.56. The van der Waals surface area contributed by atoms with Gasteiger partial charge in [-0.15, -0.1) is 4.83 Å². The van der Waals surface area contributed by atoms with Gasteiger partial charge in [0.25, 0.3) is 15.9 Å². The molecule has 2 N–H and O–H groups in total. The molecule has 0 bridgehead atoms. The van der Waals surface area contributed by atoms with Gasteiger partial charge in [0.05, 0.1) is 11.5 Å². The van der Waals surface area contributed by atoms with E-state index in [2.05, 4.69) is 10.3 Å². The highest BCUT2D eigenvalue weighted by atomic mass is 32.2. The molecule has 0 fully saturated rings. The van der Waals surface area contributed by atoms with Crippen LogP contribution in [0, 0.1) is 0 Å². The molecule has 0 aromatic heterocycles. The Kier molecular flexibility index (Phi) is 6.21. The highest BCUT2D eigenvalue weighted by Crippen LogP contribution is 2.24. The van der Waals surface area contributed by atoms with Crippen LogP contribution in [-0.2, 0) is 27.7 Å². The lowest BCUT2D eigenvalue weighted by Gasteiger charge is -2.16. The van der Waals surface area contributed by atoms with Crippen molar-refractivity contribution in [3.8, 4) is 11.5 Å². The number of carbonyl (C=O) groups excluding carboxylic acids is 1. The molecule has 0 radical (unpaired) electrons. The molecule has 150 valence electrons. The monoisotopic (exact) mass is 404 g/mol. The van der Waals surface area contributed by atoms with E-state index in [1.807, 2.05) is 13.0 Å². The number of sulfonamides is 1. The first kappa shape index (κ1) is 20.2. The maximum atomic E-state index is 12.4. The number of aryl methyl sites for hydroxylation is 2. The van der Waals surface area contributed by atoms with E-state index >= 15 is 0 Å². The van der Waals surface area contributed by atoms with E-state index in [1.54, 1.807) is 36.4 Å². The molecule has 0 saturated heterocycles. The van der Waals surface area contributed by atoms with E-state index in [0.717, 1.165) is 24.8 Å². The third kappa shape index (κ3) is 4.82. The Morgan fingerprint density at radius 2 is 1.75 bits per heavy atom. The Morgan fingerprint density at radius 1 is 1.07 bits per heavy atom. The van der Waals surface area contributed by atoms with Gasteiger partial charge >= 0.3 is 0 Å². The molecule has 28 heavy (non-hydrogen) atoms. The zero-order valence-electron chi connectivity index (χ0n) is 15.9. The van der Waals surface area contributed by atoms with E-state index in [4.69, 9.17) is 9.47 Å². The zero-order chi connectivity index (χ0) is 20.1. The summed E-state index contributed by atoms with van der Waals surface area (Å²) in [7, 11) is -3.85. The molecular weight excluding hydrogens is 380 g/mol. The van der Waals surface area contributed by atoms with Crippen molar-refractivity contribution in [2.75, 3.05) is 6.61 Å². The van der Waals surface area contributed by atoms with Gasteiger partial charge in [0, 0.05) is 0 Å². The topological polar surface area (TPSA) is 93.7 Å². The van der Waals surface area contributed by atoms with E-state index in [1.165, 1.54) is 12.5 Å². The maximum absolute atomic E-state index is 12.4. The normalized spacial score (nSPS) is 14.2. The predicted molar refractivity (Wildman–Crippen MR) is 105 cm³/mol. The van der Waals surface area contributed by atoms with Crippen LogP contribution in [0.4, 0.5) is 0 Å². The van der Waals surface area contributed by atoms with Crippen LogP contribution in [-0.4, -0.2) is 27.0 Å². The molecule has 8 heteroatoms. The number of hydrazine groups is 1. The lowest BCUT2D eigenvalue weighted by molar-refractivity contribution is -0.127. The summed E-state index contributed by atoms with van der Waals surface area (Å²) in [6, 6.07) is 11.9. The van der Waals surface area contributed by atoms with Crippen molar-refractivity contribution in [1.82, 2.24) is 10.3 Å². The molecule has 0 spiro atoms. The molecule has 1 amide bonds. The van der Waals surface area contributed by atoms with Crippen LogP contribution >= 0.6 is 0 Å². The van der Waals surface area contributed by atoms with Crippen LogP contribution in [0.15, 0.2) is 47.4 Å². The molecular formula is C20H24N2O5S. The van der Waals surface area contributed by atoms with E-state index in [9.17, 15) is 13.2 Å². The highest BCUT2D eigenvalue weighted by molar-refractivity contribution is 7.89. The second-order valence-corrected chi connectivity index (χ2v) is 8.23. The van der Waals surface area contributed by atoms with Gasteiger partial charge in [0.15, 0.2) is 6.10 Å². The van der Waals surface area contributed by atoms with Crippen LogP contribution in [0.1, 0.15) is 31.4 Å². The summed E-state index contributed by atoms with van der Waals surface area (Å²) in [5, 5.41) is 0. The summed E-state index contributed by atoms with van der Waals surface area (Å²) in [6.45, 7) is 3.99. The Bertz CT molecular complexity index is 942. The van der Waals surface area contributed by atoms with E-state index in [-0.39, 0.29) is 4.90 Å². The smallest absolute Gasteiger partial charge is 0.275 e. The van der Waals surface area contributed by atoms with Crippen LogP contribution in [0.25, 0.3) is 0 Å². The van der Waals surface area contributed by atoms with Gasteiger partial charge in [0.2, 0.25) is 0 Å². The first-order valence-corrected chi connectivity index (χ1v) is 10.7. The van der Waals surface area contributed by atoms with Crippen molar-refractivity contribution in [3.63, 3.8) is 0 Å². The summed E-state index contributed by atoms with van der Waals surface area (Å²) in [6.07, 6.45) is 1.99. The number of carbonyl (C=O) groups is 1. The third-order valence-electron chi connectivity index (χ3n) is 4.51. The predicted octanol–water partition coefficient (Wildman–Crippen LogP) is 2.35.